The predicted octanol–water partition coefficient (Wildman–Crippen LogP) is 17.0. The molecule has 9 nitrogen and oxygen atoms in total. The molecule has 0 N–H and O–H groups in total. The van der Waals surface area contributed by atoms with Crippen molar-refractivity contribution >= 4 is 134 Å². The highest BCUT2D eigenvalue weighted by Gasteiger charge is 2.27. The van der Waals surface area contributed by atoms with E-state index in [1.165, 1.54) is 39.7 Å². The molecule has 0 saturated carbocycles. The van der Waals surface area contributed by atoms with E-state index in [1.807, 2.05) is 84.1 Å². The minimum Gasteiger partial charge on any atom is -0.497 e. The number of hydrogen-bond donors (Lipinski definition) is 0. The quantitative estimate of drug-likeness (QED) is 0.0999. The van der Waals surface area contributed by atoms with Gasteiger partial charge in [-0.05, 0) is 127 Å². The zero-order valence-corrected chi connectivity index (χ0v) is 41.8. The molecule has 69 heavy (non-hydrogen) atoms. The van der Waals surface area contributed by atoms with Crippen LogP contribution in [0.4, 0.5) is 49.1 Å². The summed E-state index contributed by atoms with van der Waals surface area (Å²) < 4.78 is 40.2. The number of ether oxygens (including phenoxy) is 6. The Morgan fingerprint density at radius 3 is 1.03 bits per heavy atom. The second-order valence-electron chi connectivity index (χ2n) is 15.9. The molecule has 0 amide bonds. The van der Waals surface area contributed by atoms with E-state index in [1.54, 1.807) is 76.7 Å². The molecule has 0 radical (unpaired) electrons. The van der Waals surface area contributed by atoms with Crippen molar-refractivity contribution in [1.29, 1.82) is 0 Å². The summed E-state index contributed by atoms with van der Waals surface area (Å²) in [6, 6.07) is 56.5. The summed E-state index contributed by atoms with van der Waals surface area (Å²) in [7, 11) is 10.2. The van der Waals surface area contributed by atoms with Crippen LogP contribution in [0.1, 0.15) is 0 Å². The molecule has 0 aliphatic carbocycles. The number of anilines is 9. The fourth-order valence-corrected chi connectivity index (χ4v) is 14.1. The Morgan fingerprint density at radius 1 is 0.290 bits per heavy atom. The van der Waals surface area contributed by atoms with Gasteiger partial charge in [-0.1, -0.05) is 18.2 Å². The van der Waals surface area contributed by atoms with Crippen LogP contribution in [0.3, 0.4) is 0 Å². The third-order valence-electron chi connectivity index (χ3n) is 12.1. The van der Waals surface area contributed by atoms with Crippen LogP contribution in [0.15, 0.2) is 164 Å². The highest BCUT2D eigenvalue weighted by molar-refractivity contribution is 7.36. The van der Waals surface area contributed by atoms with E-state index >= 15 is 0 Å². The van der Waals surface area contributed by atoms with Crippen molar-refractivity contribution in [2.75, 3.05) is 57.4 Å². The number of benzene rings is 7. The van der Waals surface area contributed by atoms with Crippen LogP contribution in [0.5, 0.6) is 34.5 Å². The first-order chi connectivity index (χ1) is 33.9. The summed E-state index contributed by atoms with van der Waals surface area (Å²) in [5.74, 6) is 4.73. The lowest BCUT2D eigenvalue weighted by molar-refractivity contribution is 0.414. The number of hydrogen-bond acceptors (Lipinski definition) is 13. The second kappa shape index (κ2) is 18.6. The Labute approximate surface area is 415 Å². The van der Waals surface area contributed by atoms with Gasteiger partial charge in [0, 0.05) is 60.8 Å². The summed E-state index contributed by atoms with van der Waals surface area (Å²) in [5, 5.41) is 6.87. The van der Waals surface area contributed by atoms with Crippen molar-refractivity contribution in [3.63, 3.8) is 0 Å². The topological polar surface area (TPSA) is 65.1 Å². The molecule has 4 aromatic heterocycles. The van der Waals surface area contributed by atoms with Gasteiger partial charge < -0.3 is 43.1 Å². The first-order valence-electron chi connectivity index (χ1n) is 22.0. The van der Waals surface area contributed by atoms with Crippen molar-refractivity contribution < 1.29 is 28.4 Å². The van der Waals surface area contributed by atoms with Gasteiger partial charge in [-0.25, -0.2) is 0 Å². The average Bonchev–Trinajstić information content (AvgIpc) is 4.21. The third-order valence-corrected chi connectivity index (χ3v) is 16.9. The van der Waals surface area contributed by atoms with Crippen LogP contribution in [-0.2, 0) is 0 Å². The Kier molecular flexibility index (Phi) is 11.9. The van der Waals surface area contributed by atoms with Gasteiger partial charge in [0.05, 0.1) is 73.8 Å². The summed E-state index contributed by atoms with van der Waals surface area (Å²) in [6.07, 6.45) is 0. The summed E-state index contributed by atoms with van der Waals surface area (Å²) in [4.78, 5) is 6.93. The van der Waals surface area contributed by atoms with E-state index in [0.29, 0.717) is 0 Å². The van der Waals surface area contributed by atoms with Crippen molar-refractivity contribution in [2.45, 2.75) is 0 Å². The minimum atomic E-state index is 0.777. The molecule has 0 bridgehead atoms. The molecule has 0 aliphatic heterocycles. The molecule has 0 atom stereocenters. The molecule has 4 heterocycles. The first kappa shape index (κ1) is 44.1. The maximum absolute atomic E-state index is 5.79. The summed E-state index contributed by atoms with van der Waals surface area (Å²) >= 11 is 7.25. The number of nitrogens with zero attached hydrogens (tertiary/aromatic N) is 3. The van der Waals surface area contributed by atoms with Crippen LogP contribution in [0.25, 0.3) is 39.7 Å². The molecule has 0 fully saturated rings. The highest BCUT2D eigenvalue weighted by atomic mass is 32.1. The predicted molar refractivity (Wildman–Crippen MR) is 291 cm³/mol. The average molecular weight is 984 g/mol. The molecule has 13 heteroatoms. The Hall–Kier alpha value is -7.42. The van der Waals surface area contributed by atoms with Crippen molar-refractivity contribution in [3.8, 4) is 34.5 Å². The lowest BCUT2D eigenvalue weighted by atomic mass is 10.1. The fraction of sp³-hybridized carbons (Fsp3) is 0.107. The lowest BCUT2D eigenvalue weighted by Gasteiger charge is -2.24. The molecule has 0 aliphatic rings. The van der Waals surface area contributed by atoms with Crippen LogP contribution in [0.2, 0.25) is 0 Å². The zero-order chi connectivity index (χ0) is 47.2. The molecule has 0 spiro atoms. The molecular formula is C56H45N3O6S4. The molecular weight excluding hydrogens is 939 g/mol. The smallest absolute Gasteiger partial charge is 0.120 e. The van der Waals surface area contributed by atoms with Gasteiger partial charge in [-0.3, -0.25) is 0 Å². The van der Waals surface area contributed by atoms with E-state index in [2.05, 4.69) is 106 Å². The third kappa shape index (κ3) is 8.06. The van der Waals surface area contributed by atoms with Crippen LogP contribution >= 0.6 is 45.3 Å². The number of fused-ring (bicyclic) bond motifs is 8. The van der Waals surface area contributed by atoms with Crippen molar-refractivity contribution in [1.82, 2.24) is 0 Å². The number of thiophene rings is 4. The van der Waals surface area contributed by atoms with Gasteiger partial charge in [-0.15, -0.1) is 45.3 Å². The fourth-order valence-electron chi connectivity index (χ4n) is 8.74. The molecule has 11 rings (SSSR count). The van der Waals surface area contributed by atoms with E-state index in [9.17, 15) is 0 Å². The summed E-state index contributed by atoms with van der Waals surface area (Å²) in [6.45, 7) is 0. The van der Waals surface area contributed by atoms with E-state index in [4.69, 9.17) is 28.4 Å². The molecule has 7 aromatic carbocycles. The van der Waals surface area contributed by atoms with E-state index < -0.39 is 0 Å². The lowest BCUT2D eigenvalue weighted by Crippen LogP contribution is -2.08. The molecule has 0 saturated heterocycles. The van der Waals surface area contributed by atoms with Gasteiger partial charge in [-0.2, -0.15) is 0 Å². The van der Waals surface area contributed by atoms with Crippen molar-refractivity contribution in [2.24, 2.45) is 0 Å². The van der Waals surface area contributed by atoms with Crippen LogP contribution in [0, 0.1) is 0 Å². The number of rotatable bonds is 15. The van der Waals surface area contributed by atoms with E-state index in [-0.39, 0.29) is 0 Å². The van der Waals surface area contributed by atoms with Gasteiger partial charge in [0.15, 0.2) is 0 Å². The van der Waals surface area contributed by atoms with Crippen molar-refractivity contribution in [3.05, 3.63) is 164 Å². The Morgan fingerprint density at radius 2 is 0.638 bits per heavy atom. The largest absolute Gasteiger partial charge is 0.497 e. The molecule has 11 aromatic rings. The van der Waals surface area contributed by atoms with E-state index in [0.717, 1.165) is 83.6 Å². The summed E-state index contributed by atoms with van der Waals surface area (Å²) in [5.41, 5.74) is 5.99. The van der Waals surface area contributed by atoms with Gasteiger partial charge in [0.25, 0.3) is 0 Å². The molecule has 0 unspecified atom stereocenters. The highest BCUT2D eigenvalue weighted by Crippen LogP contribution is 2.57. The second-order valence-corrected chi connectivity index (χ2v) is 20.1. The van der Waals surface area contributed by atoms with Gasteiger partial charge in [0.1, 0.15) is 49.5 Å². The number of methoxy groups -OCH3 is 6. The Balaban J connectivity index is 1.19. The standard InChI is InChI=1S/C56H45N3O6S4/c1-60-40-22-16-34(17-23-40)57(37-10-7-13-43(28-37)63-4)49-31-46-52-53(66-48-33-51(69-56(48)52)59(36-20-26-42(62-3)27-21-36)39-12-9-15-45(30-39)65-6)47-32-50(68-55(47)54(46)67-49)58(35-18-24-41(61-2)25-19-35)38-11-8-14-44(29-38)64-5/h7-33H,1-6H3. The monoisotopic (exact) mass is 983 g/mol. The Bertz CT molecular complexity index is 3620. The maximum atomic E-state index is 5.79. The van der Waals surface area contributed by atoms with Gasteiger partial charge >= 0.3 is 0 Å². The van der Waals surface area contributed by atoms with Gasteiger partial charge in [0.2, 0.25) is 0 Å². The first-order valence-corrected chi connectivity index (χ1v) is 25.2. The van der Waals surface area contributed by atoms with Crippen LogP contribution in [-0.4, -0.2) is 42.7 Å². The normalized spacial score (nSPS) is 11.3. The van der Waals surface area contributed by atoms with Crippen LogP contribution < -0.4 is 43.1 Å². The molecule has 344 valence electrons. The minimum absolute atomic E-state index is 0.777. The SMILES string of the molecule is COc1ccc(N(c2cccc(OC)c2)c2cc3c(s2)c2sc(N(c4ccc(OC)cc4)c4cccc(OC)c4)cc2c2c4sc(N(c5ccc(OC)cc5)c5cccc(OC)c5)cc4sc32)cc1. The zero-order valence-electron chi connectivity index (χ0n) is 38.5. The maximum Gasteiger partial charge on any atom is 0.120 e.